The molecule has 0 bridgehead atoms. The van der Waals surface area contributed by atoms with E-state index in [1.54, 1.807) is 0 Å². The van der Waals surface area contributed by atoms with E-state index in [1.807, 2.05) is 0 Å². The van der Waals surface area contributed by atoms with Crippen molar-refractivity contribution in [2.75, 3.05) is 19.8 Å². The van der Waals surface area contributed by atoms with E-state index in [0.29, 0.717) is 24.9 Å². The minimum atomic E-state index is -0.0632. The first-order valence-electron chi connectivity index (χ1n) is 3.59. The van der Waals surface area contributed by atoms with Gasteiger partial charge in [-0.05, 0) is 0 Å². The predicted molar refractivity (Wildman–Crippen MR) is 33.4 cm³/mol. The summed E-state index contributed by atoms with van der Waals surface area (Å²) < 4.78 is 10.1. The van der Waals surface area contributed by atoms with Crippen LogP contribution in [0, 0.1) is 11.8 Å². The second-order valence-electron chi connectivity index (χ2n) is 2.94. The fourth-order valence-corrected chi connectivity index (χ4v) is 1.53. The third kappa shape index (κ3) is 0.904. The minimum Gasteiger partial charge on any atom is -0.465 e. The molecule has 0 N–H and O–H groups in total. The van der Waals surface area contributed by atoms with Crippen molar-refractivity contribution in [3.63, 3.8) is 0 Å². The topological polar surface area (TPSA) is 35.5 Å². The minimum absolute atomic E-state index is 0.0632. The zero-order chi connectivity index (χ0) is 6.97. The Bertz CT molecular complexity index is 155. The Hall–Kier alpha value is -0.570. The Labute approximate surface area is 59.3 Å². The standard InChI is InChI=1S/C7H10O3/c8-7-1-5-2-9-3-6(5)4-10-7/h5-6H,1-4H2. The first kappa shape index (κ1) is 6.16. The maximum Gasteiger partial charge on any atom is 0.306 e. The van der Waals surface area contributed by atoms with Gasteiger partial charge in [0.25, 0.3) is 0 Å². The molecule has 3 nitrogen and oxygen atoms in total. The average molecular weight is 142 g/mol. The number of fused-ring (bicyclic) bond motifs is 1. The van der Waals surface area contributed by atoms with Gasteiger partial charge in [-0.2, -0.15) is 0 Å². The molecule has 0 radical (unpaired) electrons. The summed E-state index contributed by atoms with van der Waals surface area (Å²) in [6.45, 7) is 2.10. The summed E-state index contributed by atoms with van der Waals surface area (Å²) >= 11 is 0. The maximum absolute atomic E-state index is 10.7. The molecule has 2 aliphatic rings. The monoisotopic (exact) mass is 142 g/mol. The first-order valence-corrected chi connectivity index (χ1v) is 3.59. The summed E-state index contributed by atoms with van der Waals surface area (Å²) in [7, 11) is 0. The number of hydrogen-bond acceptors (Lipinski definition) is 3. The van der Waals surface area contributed by atoms with Crippen LogP contribution in [0.15, 0.2) is 0 Å². The van der Waals surface area contributed by atoms with E-state index in [4.69, 9.17) is 9.47 Å². The van der Waals surface area contributed by atoms with Gasteiger partial charge in [-0.3, -0.25) is 4.79 Å². The zero-order valence-electron chi connectivity index (χ0n) is 5.71. The van der Waals surface area contributed by atoms with Gasteiger partial charge in [0.05, 0.1) is 26.2 Å². The van der Waals surface area contributed by atoms with Gasteiger partial charge in [-0.15, -0.1) is 0 Å². The van der Waals surface area contributed by atoms with Gasteiger partial charge in [0.1, 0.15) is 0 Å². The summed E-state index contributed by atoms with van der Waals surface area (Å²) in [6, 6.07) is 0. The van der Waals surface area contributed by atoms with Crippen LogP contribution in [0.5, 0.6) is 0 Å². The second-order valence-corrected chi connectivity index (χ2v) is 2.94. The number of cyclic esters (lactones) is 1. The van der Waals surface area contributed by atoms with E-state index in [0.717, 1.165) is 13.2 Å². The fraction of sp³-hybridized carbons (Fsp3) is 0.857. The van der Waals surface area contributed by atoms with Crippen LogP contribution >= 0.6 is 0 Å². The van der Waals surface area contributed by atoms with Crippen LogP contribution in [0.25, 0.3) is 0 Å². The Morgan fingerprint density at radius 3 is 2.90 bits per heavy atom. The van der Waals surface area contributed by atoms with Gasteiger partial charge in [-0.1, -0.05) is 0 Å². The molecule has 2 heterocycles. The number of hydrogen-bond donors (Lipinski definition) is 0. The van der Waals surface area contributed by atoms with Gasteiger partial charge in [-0.25, -0.2) is 0 Å². The molecule has 2 rings (SSSR count). The Kier molecular flexibility index (Phi) is 1.38. The Morgan fingerprint density at radius 1 is 1.20 bits per heavy atom. The van der Waals surface area contributed by atoms with E-state index < -0.39 is 0 Å². The van der Waals surface area contributed by atoms with Gasteiger partial charge in [0.15, 0.2) is 0 Å². The van der Waals surface area contributed by atoms with Crippen molar-refractivity contribution in [2.45, 2.75) is 6.42 Å². The Balaban J connectivity index is 2.03. The fourth-order valence-electron chi connectivity index (χ4n) is 1.53. The molecular weight excluding hydrogens is 132 g/mol. The van der Waals surface area contributed by atoms with Crippen molar-refractivity contribution in [1.29, 1.82) is 0 Å². The summed E-state index contributed by atoms with van der Waals surface area (Å²) in [4.78, 5) is 10.7. The van der Waals surface area contributed by atoms with Crippen LogP contribution in [0.4, 0.5) is 0 Å². The SMILES string of the molecule is O=C1CC2COCC2CO1. The summed E-state index contributed by atoms with van der Waals surface area (Å²) in [5, 5.41) is 0. The lowest BCUT2D eigenvalue weighted by Gasteiger charge is -2.21. The molecule has 0 aliphatic carbocycles. The average Bonchev–Trinajstić information content (AvgIpc) is 2.33. The van der Waals surface area contributed by atoms with E-state index in [-0.39, 0.29) is 5.97 Å². The molecule has 0 aromatic heterocycles. The molecule has 2 atom stereocenters. The molecule has 0 aromatic rings. The van der Waals surface area contributed by atoms with Gasteiger partial charge in [0.2, 0.25) is 0 Å². The zero-order valence-corrected chi connectivity index (χ0v) is 5.71. The van der Waals surface area contributed by atoms with Crippen LogP contribution in [0.2, 0.25) is 0 Å². The smallest absolute Gasteiger partial charge is 0.306 e. The number of carbonyl (C=O) groups excluding carboxylic acids is 1. The lowest BCUT2D eigenvalue weighted by atomic mass is 9.92. The predicted octanol–water partition coefficient (Wildman–Crippen LogP) is 0.196. The molecule has 2 saturated heterocycles. The van der Waals surface area contributed by atoms with E-state index in [1.165, 1.54) is 0 Å². The van der Waals surface area contributed by atoms with E-state index in [2.05, 4.69) is 0 Å². The van der Waals surface area contributed by atoms with Crippen molar-refractivity contribution < 1.29 is 14.3 Å². The van der Waals surface area contributed by atoms with Crippen LogP contribution in [0.1, 0.15) is 6.42 Å². The molecular formula is C7H10O3. The molecule has 0 saturated carbocycles. The molecule has 10 heavy (non-hydrogen) atoms. The van der Waals surface area contributed by atoms with Crippen LogP contribution in [0.3, 0.4) is 0 Å². The van der Waals surface area contributed by atoms with E-state index >= 15 is 0 Å². The summed E-state index contributed by atoms with van der Waals surface area (Å²) in [6.07, 6.45) is 0.560. The quantitative estimate of drug-likeness (QED) is 0.453. The normalized spacial score (nSPS) is 39.0. The molecule has 3 heteroatoms. The van der Waals surface area contributed by atoms with Crippen LogP contribution in [-0.4, -0.2) is 25.8 Å². The molecule has 0 aromatic carbocycles. The summed E-state index contributed by atoms with van der Waals surface area (Å²) in [5.41, 5.74) is 0. The molecule has 2 fully saturated rings. The largest absolute Gasteiger partial charge is 0.465 e. The number of esters is 1. The van der Waals surface area contributed by atoms with Gasteiger partial charge < -0.3 is 9.47 Å². The number of rotatable bonds is 0. The molecule has 56 valence electrons. The molecule has 0 spiro atoms. The highest BCUT2D eigenvalue weighted by Gasteiger charge is 2.34. The van der Waals surface area contributed by atoms with Crippen molar-refractivity contribution >= 4 is 5.97 Å². The molecule has 2 unspecified atom stereocenters. The second kappa shape index (κ2) is 2.23. The van der Waals surface area contributed by atoms with Crippen molar-refractivity contribution in [1.82, 2.24) is 0 Å². The lowest BCUT2D eigenvalue weighted by molar-refractivity contribution is -0.151. The first-order chi connectivity index (χ1) is 4.86. The number of carbonyl (C=O) groups is 1. The van der Waals surface area contributed by atoms with Crippen molar-refractivity contribution in [3.8, 4) is 0 Å². The Morgan fingerprint density at radius 2 is 2.00 bits per heavy atom. The van der Waals surface area contributed by atoms with E-state index in [9.17, 15) is 4.79 Å². The molecule has 2 aliphatic heterocycles. The third-order valence-corrected chi connectivity index (χ3v) is 2.22. The van der Waals surface area contributed by atoms with Crippen LogP contribution < -0.4 is 0 Å². The van der Waals surface area contributed by atoms with Crippen molar-refractivity contribution in [2.24, 2.45) is 11.8 Å². The summed E-state index contributed by atoms with van der Waals surface area (Å²) in [5.74, 6) is 0.866. The van der Waals surface area contributed by atoms with Gasteiger partial charge >= 0.3 is 5.97 Å². The lowest BCUT2D eigenvalue weighted by Crippen LogP contribution is -2.29. The van der Waals surface area contributed by atoms with Crippen molar-refractivity contribution in [3.05, 3.63) is 0 Å². The highest BCUT2D eigenvalue weighted by atomic mass is 16.5. The van der Waals surface area contributed by atoms with Gasteiger partial charge in [0, 0.05) is 11.8 Å². The van der Waals surface area contributed by atoms with Crippen LogP contribution in [-0.2, 0) is 14.3 Å². The highest BCUT2D eigenvalue weighted by Crippen LogP contribution is 2.28. The number of ether oxygens (including phenoxy) is 2. The third-order valence-electron chi connectivity index (χ3n) is 2.22. The maximum atomic E-state index is 10.7. The molecule has 0 amide bonds. The highest BCUT2D eigenvalue weighted by molar-refractivity contribution is 5.70.